The number of carbonyl (C=O) groups excluding carboxylic acids is 1. The lowest BCUT2D eigenvalue weighted by Crippen LogP contribution is -2.12. The molecule has 0 aliphatic heterocycles. The lowest BCUT2D eigenvalue weighted by molar-refractivity contribution is 0.0999. The Bertz CT molecular complexity index is 377. The molecule has 0 spiro atoms. The van der Waals surface area contributed by atoms with Gasteiger partial charge in [-0.1, -0.05) is 12.1 Å². The van der Waals surface area contributed by atoms with Crippen LogP contribution in [-0.4, -0.2) is 5.91 Å². The van der Waals surface area contributed by atoms with Crippen molar-refractivity contribution in [2.24, 2.45) is 5.73 Å². The molecule has 0 aromatic heterocycles. The summed E-state index contributed by atoms with van der Waals surface area (Å²) in [4.78, 5) is 14.2. The Hall–Kier alpha value is -1.82. The Kier molecular flexibility index (Phi) is 2.65. The molecule has 3 heteroatoms. The normalized spacial score (nSPS) is 9.23. The van der Waals surface area contributed by atoms with Crippen molar-refractivity contribution in [3.63, 3.8) is 0 Å². The van der Waals surface area contributed by atoms with Crippen LogP contribution >= 0.6 is 0 Å². The summed E-state index contributed by atoms with van der Waals surface area (Å²) in [6, 6.07) is 5.32. The fraction of sp³-hybridized carbons (Fsp3) is 0.200. The fourth-order valence-corrected chi connectivity index (χ4v) is 1.12. The molecule has 0 fully saturated rings. The van der Waals surface area contributed by atoms with E-state index >= 15 is 0 Å². The molecule has 2 N–H and O–H groups in total. The first-order valence-corrected chi connectivity index (χ1v) is 3.87. The highest BCUT2D eigenvalue weighted by Gasteiger charge is 2.06. The Morgan fingerprint density at radius 2 is 2.31 bits per heavy atom. The molecule has 3 nitrogen and oxygen atoms in total. The molecule has 0 saturated carbocycles. The van der Waals surface area contributed by atoms with Crippen LogP contribution in [0.15, 0.2) is 18.2 Å². The minimum Gasteiger partial charge on any atom is -0.366 e. The van der Waals surface area contributed by atoms with Crippen molar-refractivity contribution < 1.29 is 4.79 Å². The highest BCUT2D eigenvalue weighted by molar-refractivity contribution is 5.94. The smallest absolute Gasteiger partial charge is 0.248 e. The average Bonchev–Trinajstić information content (AvgIpc) is 2.08. The molecule has 0 heterocycles. The van der Waals surface area contributed by atoms with Gasteiger partial charge < -0.3 is 10.6 Å². The summed E-state index contributed by atoms with van der Waals surface area (Å²) in [5.41, 5.74) is 7.34. The van der Waals surface area contributed by atoms with Crippen LogP contribution < -0.4 is 5.73 Å². The number of benzene rings is 1. The lowest BCUT2D eigenvalue weighted by Gasteiger charge is -2.01. The molecule has 0 aliphatic carbocycles. The number of hydrogen-bond donors (Lipinski definition) is 1. The van der Waals surface area contributed by atoms with Gasteiger partial charge in [-0.3, -0.25) is 4.79 Å². The van der Waals surface area contributed by atoms with Crippen molar-refractivity contribution >= 4 is 5.91 Å². The third kappa shape index (κ3) is 2.06. The van der Waals surface area contributed by atoms with E-state index in [0.717, 1.165) is 11.1 Å². The number of amides is 1. The van der Waals surface area contributed by atoms with E-state index in [-0.39, 0.29) is 0 Å². The molecule has 0 bridgehead atoms. The molecule has 1 rings (SSSR count). The maximum absolute atomic E-state index is 10.9. The number of nitrogens with two attached hydrogens (primary N) is 1. The molecular formula is C10H10N2O. The van der Waals surface area contributed by atoms with Gasteiger partial charge in [-0.25, -0.2) is 6.57 Å². The number of carbonyl (C=O) groups is 1. The third-order valence-electron chi connectivity index (χ3n) is 1.83. The Morgan fingerprint density at radius 1 is 1.62 bits per heavy atom. The quantitative estimate of drug-likeness (QED) is 0.679. The predicted octanol–water partition coefficient (Wildman–Crippen LogP) is 1.51. The second-order valence-electron chi connectivity index (χ2n) is 2.83. The zero-order valence-electron chi connectivity index (χ0n) is 7.37. The minimum absolute atomic E-state index is 0.292. The van der Waals surface area contributed by atoms with Crippen LogP contribution in [0.25, 0.3) is 4.85 Å². The number of aryl methyl sites for hydroxylation is 1. The largest absolute Gasteiger partial charge is 0.366 e. The first-order chi connectivity index (χ1) is 6.15. The maximum atomic E-state index is 10.9. The van der Waals surface area contributed by atoms with E-state index in [0.29, 0.717) is 12.1 Å². The molecule has 1 aromatic rings. The van der Waals surface area contributed by atoms with Crippen molar-refractivity contribution in [2.45, 2.75) is 13.5 Å². The molecule has 0 radical (unpaired) electrons. The monoisotopic (exact) mass is 174 g/mol. The van der Waals surface area contributed by atoms with E-state index in [9.17, 15) is 4.79 Å². The topological polar surface area (TPSA) is 47.5 Å². The molecule has 1 aromatic carbocycles. The standard InChI is InChI=1S/C10H10N2O/c1-7-3-4-8(6-12-2)5-9(7)10(11)13/h3-5H,6H2,1H3,(H2,11,13). The van der Waals surface area contributed by atoms with Gasteiger partial charge in [-0.15, -0.1) is 0 Å². The van der Waals surface area contributed by atoms with Crippen LogP contribution in [0.1, 0.15) is 21.5 Å². The first-order valence-electron chi connectivity index (χ1n) is 3.87. The van der Waals surface area contributed by atoms with E-state index in [1.807, 2.05) is 13.0 Å². The summed E-state index contributed by atoms with van der Waals surface area (Å²) in [6.07, 6.45) is 0. The number of rotatable bonds is 2. The van der Waals surface area contributed by atoms with E-state index in [1.165, 1.54) is 0 Å². The van der Waals surface area contributed by atoms with E-state index in [4.69, 9.17) is 12.3 Å². The zero-order valence-corrected chi connectivity index (χ0v) is 7.37. The van der Waals surface area contributed by atoms with Crippen LogP contribution in [0.2, 0.25) is 0 Å². The second kappa shape index (κ2) is 3.72. The van der Waals surface area contributed by atoms with E-state index < -0.39 is 5.91 Å². The van der Waals surface area contributed by atoms with Crippen LogP contribution in [-0.2, 0) is 6.54 Å². The molecule has 1 amide bonds. The third-order valence-corrected chi connectivity index (χ3v) is 1.83. The highest BCUT2D eigenvalue weighted by atomic mass is 16.1. The Balaban J connectivity index is 3.13. The average molecular weight is 174 g/mol. The highest BCUT2D eigenvalue weighted by Crippen LogP contribution is 2.11. The second-order valence-corrected chi connectivity index (χ2v) is 2.83. The molecular weight excluding hydrogens is 164 g/mol. The van der Waals surface area contributed by atoms with Crippen LogP contribution in [0.4, 0.5) is 0 Å². The van der Waals surface area contributed by atoms with Gasteiger partial charge in [-0.05, 0) is 18.6 Å². The van der Waals surface area contributed by atoms with Gasteiger partial charge in [0.2, 0.25) is 12.5 Å². The number of primary amides is 1. The summed E-state index contributed by atoms with van der Waals surface area (Å²) in [5, 5.41) is 0. The Morgan fingerprint density at radius 3 is 2.85 bits per heavy atom. The van der Waals surface area contributed by atoms with Gasteiger partial charge in [0, 0.05) is 11.1 Å². The lowest BCUT2D eigenvalue weighted by atomic mass is 10.0. The molecule has 0 atom stereocenters. The van der Waals surface area contributed by atoms with Crippen LogP contribution in [0.3, 0.4) is 0 Å². The summed E-state index contributed by atoms with van der Waals surface area (Å²) in [5.74, 6) is -0.440. The van der Waals surface area contributed by atoms with Crippen molar-refractivity contribution in [1.29, 1.82) is 0 Å². The van der Waals surface area contributed by atoms with Crippen molar-refractivity contribution in [3.8, 4) is 0 Å². The summed E-state index contributed by atoms with van der Waals surface area (Å²) >= 11 is 0. The summed E-state index contributed by atoms with van der Waals surface area (Å²) in [7, 11) is 0. The van der Waals surface area contributed by atoms with Crippen LogP contribution in [0, 0.1) is 13.5 Å². The van der Waals surface area contributed by atoms with Crippen LogP contribution in [0.5, 0.6) is 0 Å². The van der Waals surface area contributed by atoms with Gasteiger partial charge in [0.05, 0.1) is 0 Å². The first kappa shape index (κ1) is 9.27. The number of hydrogen-bond acceptors (Lipinski definition) is 1. The van der Waals surface area contributed by atoms with Crippen molar-refractivity contribution in [2.75, 3.05) is 0 Å². The fourth-order valence-electron chi connectivity index (χ4n) is 1.12. The van der Waals surface area contributed by atoms with E-state index in [1.54, 1.807) is 12.1 Å². The SMILES string of the molecule is [C-]#[N+]Cc1ccc(C)c(C(N)=O)c1. The molecule has 0 unspecified atom stereocenters. The van der Waals surface area contributed by atoms with Gasteiger partial charge in [0.25, 0.3) is 0 Å². The number of nitrogens with zero attached hydrogens (tertiary/aromatic N) is 1. The van der Waals surface area contributed by atoms with Gasteiger partial charge >= 0.3 is 0 Å². The van der Waals surface area contributed by atoms with Gasteiger partial charge in [0.1, 0.15) is 0 Å². The van der Waals surface area contributed by atoms with Crippen molar-refractivity contribution in [1.82, 2.24) is 0 Å². The van der Waals surface area contributed by atoms with Crippen molar-refractivity contribution in [3.05, 3.63) is 46.3 Å². The zero-order chi connectivity index (χ0) is 9.84. The predicted molar refractivity (Wildman–Crippen MR) is 50.0 cm³/mol. The molecule has 13 heavy (non-hydrogen) atoms. The Labute approximate surface area is 77.0 Å². The molecule has 0 saturated heterocycles. The minimum atomic E-state index is -0.440. The summed E-state index contributed by atoms with van der Waals surface area (Å²) < 4.78 is 0. The van der Waals surface area contributed by atoms with E-state index in [2.05, 4.69) is 4.85 Å². The maximum Gasteiger partial charge on any atom is 0.248 e. The molecule has 66 valence electrons. The van der Waals surface area contributed by atoms with Gasteiger partial charge in [0.15, 0.2) is 0 Å². The summed E-state index contributed by atoms with van der Waals surface area (Å²) in [6.45, 7) is 8.79. The van der Waals surface area contributed by atoms with Gasteiger partial charge in [-0.2, -0.15) is 0 Å². The molecule has 0 aliphatic rings.